The summed E-state index contributed by atoms with van der Waals surface area (Å²) >= 11 is 0. The zero-order chi connectivity index (χ0) is 87.7. The van der Waals surface area contributed by atoms with Crippen molar-refractivity contribution in [2.75, 3.05) is 19.9 Å². The average Bonchev–Trinajstić information content (AvgIpc) is 0.782. The number of amides is 2. The van der Waals surface area contributed by atoms with Gasteiger partial charge in [-0.1, -0.05) is 362 Å². The highest BCUT2D eigenvalue weighted by Gasteiger charge is 2.52. The zero-order valence-corrected chi connectivity index (χ0v) is 78.2. The molecule has 23 heteroatoms. The molecule has 2 saturated heterocycles. The quantitative estimate of drug-likeness (QED) is 0.00978. The maximum atomic E-state index is 15.0. The van der Waals surface area contributed by atoms with Crippen LogP contribution in [0.25, 0.3) is 0 Å². The van der Waals surface area contributed by atoms with Gasteiger partial charge in [0.2, 0.25) is 11.8 Å². The minimum absolute atomic E-state index is 0.153. The van der Waals surface area contributed by atoms with Crippen LogP contribution in [-0.2, 0) is 71.0 Å². The molecule has 22 nitrogen and oxygen atoms in total. The van der Waals surface area contributed by atoms with E-state index in [0.29, 0.717) is 57.8 Å². The third-order valence-corrected chi connectivity index (χ3v) is 24.3. The molecule has 0 radical (unpaired) electrons. The fraction of sp³-hybridized carbons (Fsp3) is 0.918. The number of carbonyl (C=O) groups excluding carboxylic acids is 6. The molecular weight excluding hydrogens is 1540 g/mol. The molecule has 0 bridgehead atoms. The summed E-state index contributed by atoms with van der Waals surface area (Å²) in [5.74, 6) is -3.89. The van der Waals surface area contributed by atoms with Crippen LogP contribution in [0.15, 0.2) is 12.2 Å². The molecule has 2 rings (SSSR count). The molecule has 0 spiro atoms. The topological polar surface area (TPSA) is 319 Å². The van der Waals surface area contributed by atoms with E-state index in [2.05, 4.69) is 64.3 Å². The first-order valence-corrected chi connectivity index (χ1v) is 51.8. The Labute approximate surface area is 729 Å². The molecule has 5 unspecified atom stereocenters. The van der Waals surface area contributed by atoms with Gasteiger partial charge in [-0.25, -0.2) is 0 Å². The highest BCUT2D eigenvalue weighted by molar-refractivity contribution is 7.51. The summed E-state index contributed by atoms with van der Waals surface area (Å²) in [4.78, 5) is 96.6. The van der Waals surface area contributed by atoms with Gasteiger partial charge in [0, 0.05) is 25.9 Å². The Kier molecular flexibility index (Phi) is 71.9. The number of esters is 4. The molecule has 14 atom stereocenters. The van der Waals surface area contributed by atoms with Crippen LogP contribution < -0.4 is 10.6 Å². The number of allylic oxidation sites excluding steroid dienone is 2. The lowest BCUT2D eigenvalue weighted by Gasteiger charge is -2.45. The van der Waals surface area contributed by atoms with Crippen LogP contribution >= 0.6 is 7.60 Å². The third-order valence-electron chi connectivity index (χ3n) is 23.7. The van der Waals surface area contributed by atoms with Crippen LogP contribution in [0, 0.1) is 0 Å². The minimum atomic E-state index is -4.58. The lowest BCUT2D eigenvalue weighted by atomic mass is 9.95. The highest BCUT2D eigenvalue weighted by atomic mass is 31.2. The molecule has 0 aromatic heterocycles. The Balaban J connectivity index is 2.69. The van der Waals surface area contributed by atoms with Crippen molar-refractivity contribution in [3.63, 3.8) is 0 Å². The largest absolute Gasteiger partial charge is 0.462 e. The van der Waals surface area contributed by atoms with Crippen LogP contribution in [0.2, 0.25) is 0 Å². The number of aliphatic hydroxyl groups is 4. The molecule has 2 aliphatic rings. The number of aliphatic hydroxyl groups excluding tert-OH is 4. The van der Waals surface area contributed by atoms with Crippen molar-refractivity contribution in [3.05, 3.63) is 12.2 Å². The number of hydrogen-bond acceptors (Lipinski definition) is 19. The maximum Gasteiger partial charge on any atom is 0.327 e. The first-order chi connectivity index (χ1) is 58.2. The minimum Gasteiger partial charge on any atom is -0.462 e. The number of ether oxygens (including phenoxy) is 7. The molecule has 7 N–H and O–H groups in total. The van der Waals surface area contributed by atoms with E-state index < -0.39 is 149 Å². The molecular formula is C97H181N2O20P. The lowest BCUT2D eigenvalue weighted by Crippen LogP contribution is -2.66. The van der Waals surface area contributed by atoms with Crippen molar-refractivity contribution >= 4 is 43.3 Å². The normalized spacial score (nSPS) is 20.3. The van der Waals surface area contributed by atoms with E-state index in [1.807, 2.05) is 0 Å². The van der Waals surface area contributed by atoms with Gasteiger partial charge < -0.3 is 69.1 Å². The van der Waals surface area contributed by atoms with E-state index in [1.54, 1.807) is 0 Å². The molecule has 120 heavy (non-hydrogen) atoms. The van der Waals surface area contributed by atoms with E-state index in [-0.39, 0.29) is 38.5 Å². The molecule has 2 heterocycles. The van der Waals surface area contributed by atoms with Gasteiger partial charge in [-0.15, -0.1) is 0 Å². The van der Waals surface area contributed by atoms with E-state index in [9.17, 15) is 53.9 Å². The van der Waals surface area contributed by atoms with Gasteiger partial charge in [0.1, 0.15) is 42.6 Å². The van der Waals surface area contributed by atoms with Crippen LogP contribution in [0.5, 0.6) is 0 Å². The van der Waals surface area contributed by atoms with Crippen LogP contribution in [0.3, 0.4) is 0 Å². The third kappa shape index (κ3) is 61.7. The molecule has 2 fully saturated rings. The zero-order valence-electron chi connectivity index (χ0n) is 77.3. The van der Waals surface area contributed by atoms with Gasteiger partial charge in [-0.3, -0.25) is 37.9 Å². The Morgan fingerprint density at radius 2 is 0.750 bits per heavy atom. The summed E-state index contributed by atoms with van der Waals surface area (Å²) in [5, 5.41) is 51.8. The van der Waals surface area contributed by atoms with Crippen molar-refractivity contribution in [3.8, 4) is 0 Å². The second-order valence-electron chi connectivity index (χ2n) is 35.5. The van der Waals surface area contributed by atoms with E-state index in [0.717, 1.165) is 186 Å². The van der Waals surface area contributed by atoms with Crippen LogP contribution in [0.1, 0.15) is 472 Å². The second kappa shape index (κ2) is 76.6. The predicted molar refractivity (Wildman–Crippen MR) is 481 cm³/mol. The van der Waals surface area contributed by atoms with Crippen molar-refractivity contribution in [2.24, 2.45) is 0 Å². The Morgan fingerprint density at radius 1 is 0.408 bits per heavy atom. The Bertz CT molecular complexity index is 2560. The van der Waals surface area contributed by atoms with Gasteiger partial charge in [0.25, 0.3) is 0 Å². The number of nitrogens with one attached hydrogen (secondary N) is 2. The summed E-state index contributed by atoms with van der Waals surface area (Å²) < 4.78 is 63.3. The van der Waals surface area contributed by atoms with Crippen molar-refractivity contribution in [1.29, 1.82) is 0 Å². The van der Waals surface area contributed by atoms with Gasteiger partial charge >= 0.3 is 31.5 Å². The van der Waals surface area contributed by atoms with E-state index >= 15 is 4.79 Å². The molecule has 0 aliphatic carbocycles. The number of carbonyl (C=O) groups is 6. The standard InChI is InChI=1S/C97H181N2O20P/c1-8-14-20-26-32-38-39-40-41-47-53-59-64-70-88(105)113-81(68-62-56-50-44-35-29-23-17-11-4)75-87(104)98-92-84(116-91(108)76-82(69-63-57-51-45-36-30-24-18-12-5)114-89(106)71-65-58-52-46-37-31-25-19-13-6)74-83(77-100)115-96(92)112-78-85-94(109)95(118-90(107)73-80(102)67-61-55-49-43-34-28-22-16-10-3)93(97(117-85)119-120(7,110)111)99-86(103)72-79(101)66-60-54-48-42-33-27-21-15-9-2/h38-39,79-85,92-97,100-102,109H,8-37,40-78H2,1-7H3,(H,98,104)(H,99,103)(H,110,111)/b39-38-/t79-,80-,81-,82-,83?,84?,85?,92+,93+,94-,95?,96-,97-/m1/s1. The smallest absolute Gasteiger partial charge is 0.327 e. The second-order valence-corrected chi connectivity index (χ2v) is 37.3. The molecule has 0 saturated carbocycles. The van der Waals surface area contributed by atoms with Crippen LogP contribution in [0.4, 0.5) is 0 Å². The Hall–Kier alpha value is -3.57. The van der Waals surface area contributed by atoms with Crippen molar-refractivity contribution in [1.82, 2.24) is 10.6 Å². The maximum absolute atomic E-state index is 15.0. The summed E-state index contributed by atoms with van der Waals surface area (Å²) in [5.41, 5.74) is 0. The fourth-order valence-electron chi connectivity index (χ4n) is 16.4. The predicted octanol–water partition coefficient (Wildman–Crippen LogP) is 22.8. The summed E-state index contributed by atoms with van der Waals surface area (Å²) in [7, 11) is -4.58. The highest BCUT2D eigenvalue weighted by Crippen LogP contribution is 2.42. The van der Waals surface area contributed by atoms with Gasteiger partial charge in [0.15, 0.2) is 18.7 Å². The summed E-state index contributed by atoms with van der Waals surface area (Å²) in [6, 6.07) is -3.05. The Morgan fingerprint density at radius 3 is 1.16 bits per heavy atom. The fourth-order valence-corrected chi connectivity index (χ4v) is 17.0. The van der Waals surface area contributed by atoms with Gasteiger partial charge in [-0.2, -0.15) is 0 Å². The molecule has 2 aliphatic heterocycles. The van der Waals surface area contributed by atoms with Crippen molar-refractivity contribution in [2.45, 2.75) is 551 Å². The van der Waals surface area contributed by atoms with E-state index in [1.165, 1.54) is 141 Å². The number of rotatable bonds is 83. The first kappa shape index (κ1) is 112. The number of hydrogen-bond donors (Lipinski definition) is 7. The van der Waals surface area contributed by atoms with Crippen molar-refractivity contribution < 1.29 is 96.3 Å². The van der Waals surface area contributed by atoms with Gasteiger partial charge in [0.05, 0.1) is 57.2 Å². The summed E-state index contributed by atoms with van der Waals surface area (Å²) in [6.45, 7) is 12.8. The van der Waals surface area contributed by atoms with Gasteiger partial charge in [-0.05, 0) is 77.0 Å². The molecule has 0 aromatic carbocycles. The molecule has 704 valence electrons. The lowest BCUT2D eigenvalue weighted by molar-refractivity contribution is -0.283. The molecule has 2 amide bonds. The van der Waals surface area contributed by atoms with Crippen LogP contribution in [-0.4, -0.2) is 160 Å². The summed E-state index contributed by atoms with van der Waals surface area (Å²) in [6.07, 6.45) is 48.8. The monoisotopic (exact) mass is 1730 g/mol. The number of unbranched alkanes of at least 4 members (excludes halogenated alkanes) is 49. The first-order valence-electron chi connectivity index (χ1n) is 49.8. The SMILES string of the molecule is CCCCCC/C=C\CCCCCCCC(=O)O[C@H](CCCCCCCCCCC)CC(=O)N[C@H]1C(OC(=O)C[C@@H](CCCCCCCCCCC)OC(=O)CCCCCCCCCCC)CC(CO)O[C@H]1OCC1O[C@H](OP(C)(=O)O)[C@@H](NC(=O)C[C@H](O)CCCCCCCCCCC)C(OC(=O)C[C@H](O)CCCCCCCCCCC)[C@@H]1O. The molecule has 0 aromatic rings. The average molecular weight is 1730 g/mol. The van der Waals surface area contributed by atoms with E-state index in [4.69, 9.17) is 37.7 Å².